The zero-order valence-electron chi connectivity index (χ0n) is 20.0. The monoisotopic (exact) mass is 494 g/mol. The van der Waals surface area contributed by atoms with E-state index in [0.717, 1.165) is 10.1 Å². The molecule has 1 aliphatic heterocycles. The Morgan fingerprint density at radius 1 is 1.11 bits per heavy atom. The lowest BCUT2D eigenvalue weighted by Crippen LogP contribution is -2.39. The van der Waals surface area contributed by atoms with E-state index in [0.29, 0.717) is 18.4 Å². The van der Waals surface area contributed by atoms with E-state index < -0.39 is 40.9 Å². The Labute approximate surface area is 207 Å². The van der Waals surface area contributed by atoms with E-state index in [1.54, 1.807) is 0 Å². The number of halogens is 1. The third-order valence-corrected chi connectivity index (χ3v) is 6.27. The molecule has 2 atom stereocenters. The van der Waals surface area contributed by atoms with Gasteiger partial charge in [-0.2, -0.15) is 0 Å². The van der Waals surface area contributed by atoms with Gasteiger partial charge in [-0.05, 0) is 43.0 Å². The minimum absolute atomic E-state index is 0.0448. The zero-order valence-corrected chi connectivity index (χ0v) is 20.0. The van der Waals surface area contributed by atoms with Crippen LogP contribution in [0, 0.1) is 5.82 Å². The van der Waals surface area contributed by atoms with Gasteiger partial charge in [0.1, 0.15) is 18.2 Å². The lowest BCUT2D eigenvalue weighted by atomic mass is 10.2. The zero-order chi connectivity index (χ0) is 25.8. The van der Waals surface area contributed by atoms with Crippen molar-refractivity contribution in [3.8, 4) is 5.75 Å². The molecule has 0 spiro atoms. The van der Waals surface area contributed by atoms with Gasteiger partial charge >= 0.3 is 6.09 Å². The van der Waals surface area contributed by atoms with E-state index in [4.69, 9.17) is 4.74 Å². The number of amides is 2. The van der Waals surface area contributed by atoms with Crippen LogP contribution in [0.5, 0.6) is 5.75 Å². The Morgan fingerprint density at radius 3 is 2.50 bits per heavy atom. The average molecular weight is 495 g/mol. The molecule has 1 saturated heterocycles. The van der Waals surface area contributed by atoms with E-state index in [2.05, 4.69) is 10.3 Å². The number of likely N-dealkylation sites (tertiary alicyclic amines) is 1. The minimum Gasteiger partial charge on any atom is -0.501 e. The maximum absolute atomic E-state index is 13.1. The van der Waals surface area contributed by atoms with Crippen molar-refractivity contribution < 1.29 is 23.8 Å². The second kappa shape index (κ2) is 10.6. The molecule has 2 heterocycles. The highest BCUT2D eigenvalue weighted by Crippen LogP contribution is 2.36. The normalized spacial score (nSPS) is 17.1. The van der Waals surface area contributed by atoms with Crippen molar-refractivity contribution in [3.05, 3.63) is 93.4 Å². The number of hydrogen-bond acceptors (Lipinski definition) is 6. The molecule has 2 amide bonds. The molecule has 0 radical (unpaired) electrons. The summed E-state index contributed by atoms with van der Waals surface area (Å²) >= 11 is 0. The largest absolute Gasteiger partial charge is 0.501 e. The van der Waals surface area contributed by atoms with Gasteiger partial charge in [0.2, 0.25) is 5.75 Å². The summed E-state index contributed by atoms with van der Waals surface area (Å²) in [4.78, 5) is 44.4. The van der Waals surface area contributed by atoms with E-state index in [-0.39, 0.29) is 25.0 Å². The lowest BCUT2D eigenvalue weighted by molar-refractivity contribution is 0.0785. The maximum Gasteiger partial charge on any atom is 0.410 e. The predicted molar refractivity (Wildman–Crippen MR) is 129 cm³/mol. The Bertz CT molecular complexity index is 1310. The first-order valence-corrected chi connectivity index (χ1v) is 11.6. The SMILES string of the molecule is CC1CC[C@@H](c2nc(C(=O)NCc3ccc(F)cc3)c(O)c(=O)n2C)N1C(=O)OCc1ccccc1. The quantitative estimate of drug-likeness (QED) is 0.543. The van der Waals surface area contributed by atoms with Gasteiger partial charge in [-0.25, -0.2) is 14.2 Å². The number of aromatic hydroxyl groups is 1. The van der Waals surface area contributed by atoms with Crippen molar-refractivity contribution in [2.45, 2.75) is 45.0 Å². The second-order valence-corrected chi connectivity index (χ2v) is 8.73. The molecule has 10 heteroatoms. The summed E-state index contributed by atoms with van der Waals surface area (Å²) in [5.41, 5.74) is 0.228. The van der Waals surface area contributed by atoms with Crippen LogP contribution in [0.25, 0.3) is 0 Å². The topological polar surface area (TPSA) is 114 Å². The van der Waals surface area contributed by atoms with Gasteiger partial charge in [-0.3, -0.25) is 19.1 Å². The Hall–Kier alpha value is -4.21. The van der Waals surface area contributed by atoms with E-state index in [9.17, 15) is 23.9 Å². The number of nitrogens with zero attached hydrogens (tertiary/aromatic N) is 3. The highest BCUT2D eigenvalue weighted by atomic mass is 19.1. The van der Waals surface area contributed by atoms with Crippen LogP contribution < -0.4 is 10.9 Å². The van der Waals surface area contributed by atoms with Crippen molar-refractivity contribution in [1.82, 2.24) is 19.8 Å². The summed E-state index contributed by atoms with van der Waals surface area (Å²) in [6, 6.07) is 14.0. The first-order valence-electron chi connectivity index (χ1n) is 11.6. The van der Waals surface area contributed by atoms with E-state index in [1.165, 1.54) is 36.2 Å². The van der Waals surface area contributed by atoms with Crippen LogP contribution in [-0.2, 0) is 24.9 Å². The summed E-state index contributed by atoms with van der Waals surface area (Å²) in [6.45, 7) is 2.01. The Morgan fingerprint density at radius 2 is 1.81 bits per heavy atom. The highest BCUT2D eigenvalue weighted by molar-refractivity contribution is 5.94. The molecular formula is C26H27FN4O5. The number of carbonyl (C=O) groups is 2. The first-order chi connectivity index (χ1) is 17.3. The van der Waals surface area contributed by atoms with Crippen LogP contribution >= 0.6 is 0 Å². The summed E-state index contributed by atoms with van der Waals surface area (Å²) in [7, 11) is 1.43. The minimum atomic E-state index is -0.802. The lowest BCUT2D eigenvalue weighted by Gasteiger charge is -2.28. The number of carbonyl (C=O) groups excluding carboxylic acids is 2. The van der Waals surface area contributed by atoms with Crippen molar-refractivity contribution in [2.24, 2.45) is 7.05 Å². The van der Waals surface area contributed by atoms with Crippen LogP contribution in [0.3, 0.4) is 0 Å². The number of benzene rings is 2. The molecule has 1 aliphatic rings. The summed E-state index contributed by atoms with van der Waals surface area (Å²) in [5, 5.41) is 13.0. The van der Waals surface area contributed by atoms with Gasteiger partial charge in [0.15, 0.2) is 5.69 Å². The molecule has 4 rings (SSSR count). The van der Waals surface area contributed by atoms with Crippen LogP contribution in [0.2, 0.25) is 0 Å². The van der Waals surface area contributed by atoms with Crippen LogP contribution in [0.4, 0.5) is 9.18 Å². The fourth-order valence-corrected chi connectivity index (χ4v) is 4.27. The van der Waals surface area contributed by atoms with Crippen molar-refractivity contribution in [3.63, 3.8) is 0 Å². The standard InChI is InChI=1S/C26H27FN4O5/c1-16-8-13-20(31(16)26(35)36-15-18-6-4-3-5-7-18)23-29-21(22(32)25(34)30(23)2)24(33)28-14-17-9-11-19(27)12-10-17/h3-7,9-12,16,20,32H,8,13-15H2,1-2H3,(H,28,33)/t16?,20-/m0/s1. The van der Waals surface area contributed by atoms with Gasteiger partial charge in [-0.1, -0.05) is 42.5 Å². The molecule has 2 aromatic carbocycles. The maximum atomic E-state index is 13.1. The van der Waals surface area contributed by atoms with Gasteiger partial charge in [0.05, 0.1) is 6.04 Å². The summed E-state index contributed by atoms with van der Waals surface area (Å²) < 4.78 is 19.8. The Balaban J connectivity index is 1.56. The van der Waals surface area contributed by atoms with Crippen LogP contribution in [0.15, 0.2) is 59.4 Å². The fraction of sp³-hybridized carbons (Fsp3) is 0.308. The molecular weight excluding hydrogens is 467 g/mol. The molecule has 0 bridgehead atoms. The smallest absolute Gasteiger partial charge is 0.410 e. The molecule has 1 unspecified atom stereocenters. The van der Waals surface area contributed by atoms with Gasteiger partial charge in [0.25, 0.3) is 11.5 Å². The number of aromatic nitrogens is 2. The predicted octanol–water partition coefficient (Wildman–Crippen LogP) is 3.42. The van der Waals surface area contributed by atoms with Crippen LogP contribution in [0.1, 0.15) is 53.2 Å². The summed E-state index contributed by atoms with van der Waals surface area (Å²) in [6.07, 6.45) is 0.593. The number of ether oxygens (including phenoxy) is 1. The molecule has 36 heavy (non-hydrogen) atoms. The molecule has 0 aliphatic carbocycles. The van der Waals surface area contributed by atoms with E-state index >= 15 is 0 Å². The molecule has 0 saturated carbocycles. The number of nitrogens with one attached hydrogen (secondary N) is 1. The summed E-state index contributed by atoms with van der Waals surface area (Å²) in [5.74, 6) is -1.79. The van der Waals surface area contributed by atoms with Crippen molar-refractivity contribution in [1.29, 1.82) is 0 Å². The third kappa shape index (κ3) is 5.22. The molecule has 9 nitrogen and oxygen atoms in total. The first kappa shape index (κ1) is 24.9. The van der Waals surface area contributed by atoms with Gasteiger partial charge in [-0.15, -0.1) is 0 Å². The molecule has 188 valence electrons. The van der Waals surface area contributed by atoms with Crippen molar-refractivity contribution >= 4 is 12.0 Å². The van der Waals surface area contributed by atoms with Gasteiger partial charge in [0, 0.05) is 19.6 Å². The number of rotatable bonds is 6. The molecule has 1 fully saturated rings. The second-order valence-electron chi connectivity index (χ2n) is 8.73. The van der Waals surface area contributed by atoms with Crippen LogP contribution in [-0.4, -0.2) is 37.6 Å². The molecule has 2 N–H and O–H groups in total. The fourth-order valence-electron chi connectivity index (χ4n) is 4.27. The van der Waals surface area contributed by atoms with E-state index in [1.807, 2.05) is 37.3 Å². The Kier molecular flexibility index (Phi) is 7.33. The highest BCUT2D eigenvalue weighted by Gasteiger charge is 2.39. The average Bonchev–Trinajstić information content (AvgIpc) is 3.27. The third-order valence-electron chi connectivity index (χ3n) is 6.27. The van der Waals surface area contributed by atoms with Crippen molar-refractivity contribution in [2.75, 3.05) is 0 Å². The number of hydrogen-bond donors (Lipinski definition) is 2. The van der Waals surface area contributed by atoms with Gasteiger partial charge < -0.3 is 15.2 Å². The molecule has 1 aromatic heterocycles. The molecule has 3 aromatic rings.